The molecule has 5 heteroatoms. The molecule has 0 unspecified atom stereocenters. The van der Waals surface area contributed by atoms with E-state index in [2.05, 4.69) is 53.5 Å². The molecule has 1 N–H and O–H groups in total. The zero-order valence-electron chi connectivity index (χ0n) is 12.2. The lowest BCUT2D eigenvalue weighted by Gasteiger charge is -2.05. The van der Waals surface area contributed by atoms with Crippen molar-refractivity contribution in [2.75, 3.05) is 6.54 Å². The number of rotatable bonds is 7. The van der Waals surface area contributed by atoms with Gasteiger partial charge in [0.15, 0.2) is 0 Å². The van der Waals surface area contributed by atoms with Gasteiger partial charge in [0.1, 0.15) is 5.01 Å². The molecule has 2 aromatic heterocycles. The molecule has 0 aromatic carbocycles. The van der Waals surface area contributed by atoms with Crippen molar-refractivity contribution in [1.29, 1.82) is 0 Å². The summed E-state index contributed by atoms with van der Waals surface area (Å²) in [5.41, 5.74) is 1.27. The molecule has 0 spiro atoms. The summed E-state index contributed by atoms with van der Waals surface area (Å²) in [6.45, 7) is 8.72. The van der Waals surface area contributed by atoms with Gasteiger partial charge in [-0.3, -0.25) is 0 Å². The molecule has 0 atom stereocenters. The van der Waals surface area contributed by atoms with Gasteiger partial charge in [-0.25, -0.2) is 4.98 Å². The molecule has 2 rings (SSSR count). The Morgan fingerprint density at radius 2 is 2.20 bits per heavy atom. The second-order valence-electron chi connectivity index (χ2n) is 5.29. The lowest BCUT2D eigenvalue weighted by Crippen LogP contribution is -2.14. The van der Waals surface area contributed by atoms with Crippen LogP contribution in [0.1, 0.15) is 37.8 Å². The van der Waals surface area contributed by atoms with Crippen LogP contribution in [-0.2, 0) is 13.0 Å². The molecular formula is C15H21BrN2S2. The molecule has 110 valence electrons. The van der Waals surface area contributed by atoms with Crippen molar-refractivity contribution in [1.82, 2.24) is 10.3 Å². The van der Waals surface area contributed by atoms with Gasteiger partial charge in [-0.1, -0.05) is 20.8 Å². The number of nitrogens with one attached hydrogen (secondary N) is 1. The van der Waals surface area contributed by atoms with Gasteiger partial charge < -0.3 is 5.32 Å². The van der Waals surface area contributed by atoms with Crippen LogP contribution in [0.2, 0.25) is 0 Å². The summed E-state index contributed by atoms with van der Waals surface area (Å²) in [6.07, 6.45) is 2.23. The fourth-order valence-electron chi connectivity index (χ4n) is 1.98. The van der Waals surface area contributed by atoms with E-state index in [1.807, 2.05) is 11.3 Å². The Morgan fingerprint density at radius 1 is 1.40 bits per heavy atom. The monoisotopic (exact) mass is 372 g/mol. The maximum atomic E-state index is 4.88. The fraction of sp³-hybridized carbons (Fsp3) is 0.533. The van der Waals surface area contributed by atoms with Crippen LogP contribution in [0.5, 0.6) is 0 Å². The molecule has 0 fully saturated rings. The number of halogens is 1. The van der Waals surface area contributed by atoms with Crippen molar-refractivity contribution in [3.63, 3.8) is 0 Å². The summed E-state index contributed by atoms with van der Waals surface area (Å²) >= 11 is 7.11. The van der Waals surface area contributed by atoms with E-state index >= 15 is 0 Å². The van der Waals surface area contributed by atoms with Gasteiger partial charge in [0, 0.05) is 21.3 Å². The molecule has 2 aromatic rings. The molecule has 2 heterocycles. The van der Waals surface area contributed by atoms with Crippen molar-refractivity contribution < 1.29 is 0 Å². The highest BCUT2D eigenvalue weighted by Crippen LogP contribution is 2.34. The number of aromatic nitrogens is 1. The summed E-state index contributed by atoms with van der Waals surface area (Å²) < 4.78 is 1.14. The van der Waals surface area contributed by atoms with Crippen LogP contribution in [0.15, 0.2) is 15.9 Å². The van der Waals surface area contributed by atoms with Crippen molar-refractivity contribution in [3.05, 3.63) is 26.5 Å². The lowest BCUT2D eigenvalue weighted by molar-refractivity contribution is 0.623. The van der Waals surface area contributed by atoms with E-state index in [1.165, 1.54) is 21.9 Å². The Balaban J connectivity index is 2.21. The van der Waals surface area contributed by atoms with Gasteiger partial charge in [0.25, 0.3) is 0 Å². The van der Waals surface area contributed by atoms with Crippen LogP contribution < -0.4 is 5.32 Å². The topological polar surface area (TPSA) is 24.9 Å². The van der Waals surface area contributed by atoms with Crippen LogP contribution >= 0.6 is 38.6 Å². The lowest BCUT2D eigenvalue weighted by atomic mass is 10.1. The standard InChI is InChI=1S/C15H21BrN2S2/c1-4-5-17-8-14-12(6-10(2)3)18-15(20-14)13-7-11(16)9-19-13/h7,9-10,17H,4-6,8H2,1-3H3. The molecule has 0 aliphatic carbocycles. The quantitative estimate of drug-likeness (QED) is 0.664. The third-order valence-electron chi connectivity index (χ3n) is 2.87. The van der Waals surface area contributed by atoms with Gasteiger partial charge in [0.2, 0.25) is 0 Å². The minimum atomic E-state index is 0.643. The van der Waals surface area contributed by atoms with Gasteiger partial charge >= 0.3 is 0 Å². The summed E-state index contributed by atoms with van der Waals surface area (Å²) in [7, 11) is 0. The number of nitrogens with zero attached hydrogens (tertiary/aromatic N) is 1. The molecule has 0 aliphatic heterocycles. The maximum absolute atomic E-state index is 4.88. The molecule has 2 nitrogen and oxygen atoms in total. The van der Waals surface area contributed by atoms with E-state index in [-0.39, 0.29) is 0 Å². The zero-order valence-corrected chi connectivity index (χ0v) is 15.4. The van der Waals surface area contributed by atoms with Gasteiger partial charge in [-0.15, -0.1) is 22.7 Å². The Bertz CT molecular complexity index is 546. The summed E-state index contributed by atoms with van der Waals surface area (Å²) in [5.74, 6) is 0.643. The molecule has 0 saturated heterocycles. The molecule has 0 saturated carbocycles. The highest BCUT2D eigenvalue weighted by molar-refractivity contribution is 9.10. The van der Waals surface area contributed by atoms with Crippen LogP contribution in [0.4, 0.5) is 0 Å². The van der Waals surface area contributed by atoms with Crippen molar-refractivity contribution in [2.45, 2.75) is 40.2 Å². The Hall–Kier alpha value is -0.230. The minimum absolute atomic E-state index is 0.643. The van der Waals surface area contributed by atoms with Crippen LogP contribution in [0, 0.1) is 5.92 Å². The van der Waals surface area contributed by atoms with Gasteiger partial charge in [-0.2, -0.15) is 0 Å². The number of thiazole rings is 1. The van der Waals surface area contributed by atoms with E-state index < -0.39 is 0 Å². The van der Waals surface area contributed by atoms with Crippen molar-refractivity contribution in [2.24, 2.45) is 5.92 Å². The van der Waals surface area contributed by atoms with E-state index in [9.17, 15) is 0 Å². The molecule has 0 radical (unpaired) electrons. The molecule has 0 aliphatic rings. The third-order valence-corrected chi connectivity index (χ3v) is 5.83. The molecular weight excluding hydrogens is 352 g/mol. The maximum Gasteiger partial charge on any atom is 0.133 e. The van der Waals surface area contributed by atoms with Crippen LogP contribution in [0.3, 0.4) is 0 Å². The van der Waals surface area contributed by atoms with Crippen molar-refractivity contribution >= 4 is 38.6 Å². The molecule has 0 amide bonds. The Morgan fingerprint density at radius 3 is 2.80 bits per heavy atom. The SMILES string of the molecule is CCCNCc1sc(-c2cc(Br)cs2)nc1CC(C)C. The molecule has 0 bridgehead atoms. The second kappa shape index (κ2) is 7.69. The van der Waals surface area contributed by atoms with E-state index in [0.29, 0.717) is 5.92 Å². The van der Waals surface area contributed by atoms with E-state index in [1.54, 1.807) is 11.3 Å². The summed E-state index contributed by atoms with van der Waals surface area (Å²) in [5, 5.41) is 6.78. The zero-order chi connectivity index (χ0) is 14.5. The van der Waals surface area contributed by atoms with E-state index in [4.69, 9.17) is 4.98 Å². The predicted octanol–water partition coefficient (Wildman–Crippen LogP) is 5.33. The largest absolute Gasteiger partial charge is 0.312 e. The number of thiophene rings is 1. The Labute approximate surface area is 137 Å². The first-order valence-corrected chi connectivity index (χ1v) is 9.52. The van der Waals surface area contributed by atoms with Crippen LogP contribution in [0.25, 0.3) is 9.88 Å². The first-order chi connectivity index (χ1) is 9.60. The average Bonchev–Trinajstić information content (AvgIpc) is 2.96. The van der Waals surface area contributed by atoms with E-state index in [0.717, 1.165) is 29.0 Å². The normalized spacial score (nSPS) is 11.4. The Kier molecular flexibility index (Phi) is 6.20. The van der Waals surface area contributed by atoms with Gasteiger partial charge in [0.05, 0.1) is 10.6 Å². The highest BCUT2D eigenvalue weighted by Gasteiger charge is 2.14. The van der Waals surface area contributed by atoms with Crippen LogP contribution in [-0.4, -0.2) is 11.5 Å². The first-order valence-electron chi connectivity index (χ1n) is 7.03. The number of hydrogen-bond acceptors (Lipinski definition) is 4. The third kappa shape index (κ3) is 4.38. The minimum Gasteiger partial charge on any atom is -0.312 e. The predicted molar refractivity (Wildman–Crippen MR) is 93.7 cm³/mol. The first kappa shape index (κ1) is 16.1. The van der Waals surface area contributed by atoms with Gasteiger partial charge in [-0.05, 0) is 47.3 Å². The number of hydrogen-bond donors (Lipinski definition) is 1. The smallest absolute Gasteiger partial charge is 0.133 e. The van der Waals surface area contributed by atoms with Crippen molar-refractivity contribution in [3.8, 4) is 9.88 Å². The average molecular weight is 373 g/mol. The fourth-order valence-corrected chi connectivity index (χ4v) is 4.53. The summed E-state index contributed by atoms with van der Waals surface area (Å²) in [6, 6.07) is 2.16. The summed E-state index contributed by atoms with van der Waals surface area (Å²) in [4.78, 5) is 7.53. The second-order valence-corrected chi connectivity index (χ2v) is 8.20. The molecule has 20 heavy (non-hydrogen) atoms. The highest BCUT2D eigenvalue weighted by atomic mass is 79.9.